The Morgan fingerprint density at radius 1 is 1.22 bits per heavy atom. The lowest BCUT2D eigenvalue weighted by molar-refractivity contribution is 0.397. The van der Waals surface area contributed by atoms with Crippen molar-refractivity contribution in [3.8, 4) is 0 Å². The maximum absolute atomic E-state index is 4.41. The van der Waals surface area contributed by atoms with Crippen LogP contribution in [-0.2, 0) is 13.6 Å². The van der Waals surface area contributed by atoms with Gasteiger partial charge in [-0.1, -0.05) is 6.07 Å². The second-order valence-corrected chi connectivity index (χ2v) is 6.44. The number of aromatic nitrogens is 4. The van der Waals surface area contributed by atoms with Gasteiger partial charge in [0.2, 0.25) is 0 Å². The van der Waals surface area contributed by atoms with Crippen LogP contribution in [0.4, 0.5) is 0 Å². The molecule has 0 amide bonds. The molecule has 1 N–H and O–H groups in total. The normalized spacial score (nSPS) is 22.2. The lowest BCUT2D eigenvalue weighted by Crippen LogP contribution is -2.35. The van der Waals surface area contributed by atoms with Crippen molar-refractivity contribution in [2.45, 2.75) is 18.5 Å². The Kier molecular flexibility index (Phi) is 3.63. The van der Waals surface area contributed by atoms with Gasteiger partial charge in [0.15, 0.2) is 0 Å². The third kappa shape index (κ3) is 2.64. The van der Waals surface area contributed by atoms with Gasteiger partial charge in [-0.25, -0.2) is 9.50 Å². The maximum atomic E-state index is 4.41. The van der Waals surface area contributed by atoms with Gasteiger partial charge >= 0.3 is 0 Å². The first kappa shape index (κ1) is 14.4. The summed E-state index contributed by atoms with van der Waals surface area (Å²) in [5.41, 5.74) is 3.71. The number of hydrogen-bond donors (Lipinski definition) is 1. The summed E-state index contributed by atoms with van der Waals surface area (Å²) in [6.45, 7) is 2.95. The lowest BCUT2D eigenvalue weighted by atomic mass is 10.00. The molecule has 0 aromatic carbocycles. The molecule has 6 heteroatoms. The Morgan fingerprint density at radius 2 is 2.13 bits per heavy atom. The molecule has 3 aromatic heterocycles. The van der Waals surface area contributed by atoms with E-state index in [-0.39, 0.29) is 0 Å². The van der Waals surface area contributed by atoms with E-state index in [4.69, 9.17) is 0 Å². The SMILES string of the molecule is CN1C[C@@H](NCc2cnn3ccccc23)[C@H](c2cncn2C)C1. The van der Waals surface area contributed by atoms with Crippen LogP contribution in [0.25, 0.3) is 5.52 Å². The monoisotopic (exact) mass is 310 g/mol. The van der Waals surface area contributed by atoms with Gasteiger partial charge in [-0.15, -0.1) is 0 Å². The smallest absolute Gasteiger partial charge is 0.0945 e. The largest absolute Gasteiger partial charge is 0.337 e. The van der Waals surface area contributed by atoms with Crippen molar-refractivity contribution in [3.05, 3.63) is 54.4 Å². The molecule has 0 bridgehead atoms. The molecule has 2 atom stereocenters. The topological polar surface area (TPSA) is 50.4 Å². The minimum atomic E-state index is 0.425. The molecule has 0 spiro atoms. The summed E-state index contributed by atoms with van der Waals surface area (Å²) in [7, 11) is 4.25. The summed E-state index contributed by atoms with van der Waals surface area (Å²) in [5.74, 6) is 0.467. The first-order valence-electron chi connectivity index (χ1n) is 8.02. The maximum Gasteiger partial charge on any atom is 0.0945 e. The molecule has 3 aromatic rings. The van der Waals surface area contributed by atoms with Gasteiger partial charge in [0.25, 0.3) is 0 Å². The molecule has 1 aliphatic rings. The molecular weight excluding hydrogens is 288 g/mol. The summed E-state index contributed by atoms with van der Waals surface area (Å²) in [4.78, 5) is 6.66. The van der Waals surface area contributed by atoms with E-state index in [0.717, 1.165) is 19.6 Å². The van der Waals surface area contributed by atoms with Crippen LogP contribution in [0.15, 0.2) is 43.1 Å². The number of rotatable bonds is 4. The molecule has 0 unspecified atom stereocenters. The third-order valence-corrected chi connectivity index (χ3v) is 4.80. The van der Waals surface area contributed by atoms with E-state index in [1.165, 1.54) is 16.8 Å². The molecule has 4 rings (SSSR count). The van der Waals surface area contributed by atoms with Gasteiger partial charge in [-0.2, -0.15) is 5.10 Å². The van der Waals surface area contributed by atoms with E-state index < -0.39 is 0 Å². The van der Waals surface area contributed by atoms with Crippen molar-refractivity contribution in [2.75, 3.05) is 20.1 Å². The quantitative estimate of drug-likeness (QED) is 0.788. The van der Waals surface area contributed by atoms with Crippen molar-refractivity contribution in [1.29, 1.82) is 0 Å². The number of aryl methyl sites for hydroxylation is 1. The van der Waals surface area contributed by atoms with Gasteiger partial charge in [0, 0.05) is 62.3 Å². The number of nitrogens with one attached hydrogen (secondary N) is 1. The molecule has 23 heavy (non-hydrogen) atoms. The summed E-state index contributed by atoms with van der Waals surface area (Å²) in [5, 5.41) is 8.15. The van der Waals surface area contributed by atoms with Crippen molar-refractivity contribution >= 4 is 5.52 Å². The summed E-state index contributed by atoms with van der Waals surface area (Å²) in [6, 6.07) is 6.60. The number of hydrogen-bond acceptors (Lipinski definition) is 4. The molecule has 120 valence electrons. The molecule has 1 fully saturated rings. The van der Waals surface area contributed by atoms with E-state index in [1.807, 2.05) is 35.5 Å². The highest BCUT2D eigenvalue weighted by molar-refractivity contribution is 5.53. The average molecular weight is 310 g/mol. The number of likely N-dealkylation sites (N-methyl/N-ethyl adjacent to an activating group) is 1. The van der Waals surface area contributed by atoms with E-state index in [9.17, 15) is 0 Å². The lowest BCUT2D eigenvalue weighted by Gasteiger charge is -2.20. The van der Waals surface area contributed by atoms with Crippen molar-refractivity contribution in [2.24, 2.45) is 7.05 Å². The van der Waals surface area contributed by atoms with Gasteiger partial charge in [0.05, 0.1) is 18.0 Å². The first-order valence-corrected chi connectivity index (χ1v) is 8.02. The van der Waals surface area contributed by atoms with Crippen LogP contribution >= 0.6 is 0 Å². The van der Waals surface area contributed by atoms with E-state index in [0.29, 0.717) is 12.0 Å². The molecule has 4 heterocycles. The second kappa shape index (κ2) is 5.79. The number of imidazole rings is 1. The summed E-state index contributed by atoms with van der Waals surface area (Å²) < 4.78 is 4.06. The fraction of sp³-hybridized carbons (Fsp3) is 0.412. The minimum absolute atomic E-state index is 0.425. The zero-order valence-corrected chi connectivity index (χ0v) is 13.6. The molecule has 0 radical (unpaired) electrons. The summed E-state index contributed by atoms with van der Waals surface area (Å²) in [6.07, 6.45) is 7.82. The highest BCUT2D eigenvalue weighted by Gasteiger charge is 2.33. The van der Waals surface area contributed by atoms with Crippen LogP contribution in [0.3, 0.4) is 0 Å². The Balaban J connectivity index is 1.52. The van der Waals surface area contributed by atoms with Crippen LogP contribution < -0.4 is 5.32 Å². The van der Waals surface area contributed by atoms with Gasteiger partial charge in [-0.05, 0) is 19.2 Å². The third-order valence-electron chi connectivity index (χ3n) is 4.80. The van der Waals surface area contributed by atoms with Crippen LogP contribution in [0, 0.1) is 0 Å². The van der Waals surface area contributed by atoms with Gasteiger partial charge in [-0.3, -0.25) is 0 Å². The Hall–Kier alpha value is -2.18. The number of likely N-dealkylation sites (tertiary alicyclic amines) is 1. The van der Waals surface area contributed by atoms with Crippen molar-refractivity contribution in [1.82, 2.24) is 29.4 Å². The molecule has 0 saturated carbocycles. The molecule has 1 saturated heterocycles. The summed E-state index contributed by atoms with van der Waals surface area (Å²) >= 11 is 0. The predicted octanol–water partition coefficient (Wildman–Crippen LogP) is 1.26. The molecular formula is C17H22N6. The zero-order chi connectivity index (χ0) is 15.8. The fourth-order valence-corrected chi connectivity index (χ4v) is 3.60. The number of fused-ring (bicyclic) bond motifs is 1. The number of pyridine rings is 1. The van der Waals surface area contributed by atoms with E-state index in [2.05, 4.69) is 51.1 Å². The van der Waals surface area contributed by atoms with Gasteiger partial charge < -0.3 is 14.8 Å². The van der Waals surface area contributed by atoms with E-state index in [1.54, 1.807) is 0 Å². The van der Waals surface area contributed by atoms with Crippen LogP contribution in [0.2, 0.25) is 0 Å². The molecule has 0 aliphatic carbocycles. The highest BCUT2D eigenvalue weighted by Crippen LogP contribution is 2.26. The predicted molar refractivity (Wildman–Crippen MR) is 89.3 cm³/mol. The van der Waals surface area contributed by atoms with Crippen molar-refractivity contribution in [3.63, 3.8) is 0 Å². The zero-order valence-electron chi connectivity index (χ0n) is 13.6. The van der Waals surface area contributed by atoms with Crippen LogP contribution in [0.1, 0.15) is 17.2 Å². The highest BCUT2D eigenvalue weighted by atomic mass is 15.2. The van der Waals surface area contributed by atoms with Gasteiger partial charge in [0.1, 0.15) is 0 Å². The Bertz CT molecular complexity index is 804. The second-order valence-electron chi connectivity index (χ2n) is 6.44. The number of nitrogens with zero attached hydrogens (tertiary/aromatic N) is 5. The first-order chi connectivity index (χ1) is 11.2. The van der Waals surface area contributed by atoms with Crippen LogP contribution in [-0.4, -0.2) is 50.2 Å². The molecule has 1 aliphatic heterocycles. The van der Waals surface area contributed by atoms with E-state index >= 15 is 0 Å². The fourth-order valence-electron chi connectivity index (χ4n) is 3.60. The van der Waals surface area contributed by atoms with Crippen molar-refractivity contribution < 1.29 is 0 Å². The average Bonchev–Trinajstić information content (AvgIpc) is 3.24. The van der Waals surface area contributed by atoms with Crippen LogP contribution in [0.5, 0.6) is 0 Å². The minimum Gasteiger partial charge on any atom is -0.337 e. The Morgan fingerprint density at radius 3 is 2.96 bits per heavy atom. The molecule has 6 nitrogen and oxygen atoms in total. The Labute approximate surface area is 135 Å². The standard InChI is InChI=1S/C17H22N6/c1-21-10-14(17-9-18-12-22(17)2)15(11-21)19-7-13-8-20-23-6-4-3-5-16(13)23/h3-6,8-9,12,14-15,19H,7,10-11H2,1-2H3/t14-,15-/m1/s1.